The van der Waals surface area contributed by atoms with Crippen LogP contribution in [0.2, 0.25) is 0 Å². The lowest BCUT2D eigenvalue weighted by molar-refractivity contribution is -0.124. The predicted molar refractivity (Wildman–Crippen MR) is 103 cm³/mol. The van der Waals surface area contributed by atoms with Gasteiger partial charge in [0, 0.05) is 11.6 Å². The first-order valence-corrected chi connectivity index (χ1v) is 9.37. The van der Waals surface area contributed by atoms with E-state index in [0.717, 1.165) is 23.2 Å². The molecule has 2 atom stereocenters. The first kappa shape index (κ1) is 18.1. The highest BCUT2D eigenvalue weighted by atomic mass is 16.2. The molecule has 0 spiro atoms. The third kappa shape index (κ3) is 2.15. The zero-order chi connectivity index (χ0) is 20.3. The molecule has 1 fully saturated rings. The molecule has 2 aliphatic rings. The van der Waals surface area contributed by atoms with Crippen molar-refractivity contribution in [2.24, 2.45) is 5.41 Å². The highest BCUT2D eigenvalue weighted by molar-refractivity contribution is 6.01. The molecule has 1 aromatic carbocycles. The number of anilines is 1. The van der Waals surface area contributed by atoms with Crippen molar-refractivity contribution < 1.29 is 4.79 Å². The van der Waals surface area contributed by atoms with E-state index in [0.29, 0.717) is 17.8 Å². The molecule has 2 aliphatic carbocycles. The summed E-state index contributed by atoms with van der Waals surface area (Å²) in [5.74, 6) is -0.0745. The number of rotatable bonds is 2. The van der Waals surface area contributed by atoms with Gasteiger partial charge in [0.05, 0.1) is 16.8 Å². The minimum atomic E-state index is -0.865. The van der Waals surface area contributed by atoms with E-state index in [-0.39, 0.29) is 23.2 Å². The van der Waals surface area contributed by atoms with Crippen molar-refractivity contribution in [3.8, 4) is 12.1 Å². The van der Waals surface area contributed by atoms with E-state index in [4.69, 9.17) is 0 Å². The molecule has 1 aromatic heterocycles. The number of nitrogens with one attached hydrogen (secondary N) is 1. The highest BCUT2D eigenvalue weighted by Crippen LogP contribution is 2.67. The van der Waals surface area contributed by atoms with Crippen molar-refractivity contribution >= 4 is 11.6 Å². The van der Waals surface area contributed by atoms with Gasteiger partial charge in [-0.05, 0) is 49.3 Å². The van der Waals surface area contributed by atoms with Crippen LogP contribution >= 0.6 is 0 Å². The van der Waals surface area contributed by atoms with Crippen molar-refractivity contribution in [3.63, 3.8) is 0 Å². The number of aryl methyl sites for hydroxylation is 2. The number of carbonyl (C=O) groups is 1. The van der Waals surface area contributed by atoms with E-state index in [1.165, 1.54) is 0 Å². The molecule has 0 aliphatic heterocycles. The van der Waals surface area contributed by atoms with Crippen LogP contribution in [0.4, 0.5) is 5.69 Å². The number of benzene rings is 1. The van der Waals surface area contributed by atoms with Gasteiger partial charge in [0.25, 0.3) is 0 Å². The Morgan fingerprint density at radius 2 is 1.86 bits per heavy atom. The Kier molecular flexibility index (Phi) is 3.80. The maximum atomic E-state index is 13.7. The Morgan fingerprint density at radius 1 is 1.18 bits per heavy atom. The molecule has 1 saturated carbocycles. The fourth-order valence-corrected chi connectivity index (χ4v) is 5.02. The molecule has 28 heavy (non-hydrogen) atoms. The summed E-state index contributed by atoms with van der Waals surface area (Å²) in [5.41, 5.74) is 2.86. The number of fused-ring (bicyclic) bond motifs is 5. The zero-order valence-electron chi connectivity index (χ0n) is 16.4. The van der Waals surface area contributed by atoms with Gasteiger partial charge in [0.2, 0.25) is 5.91 Å². The van der Waals surface area contributed by atoms with Crippen molar-refractivity contribution in [2.45, 2.75) is 51.9 Å². The van der Waals surface area contributed by atoms with Gasteiger partial charge in [-0.15, -0.1) is 0 Å². The van der Waals surface area contributed by atoms with Crippen LogP contribution in [-0.2, 0) is 10.2 Å². The van der Waals surface area contributed by atoms with Crippen LogP contribution < -0.4 is 5.32 Å². The van der Waals surface area contributed by atoms with Crippen molar-refractivity contribution in [1.29, 1.82) is 10.5 Å². The lowest BCUT2D eigenvalue weighted by Gasteiger charge is -2.36. The zero-order valence-corrected chi connectivity index (χ0v) is 16.4. The summed E-state index contributed by atoms with van der Waals surface area (Å²) in [7, 11) is 0. The first-order chi connectivity index (χ1) is 13.3. The van der Waals surface area contributed by atoms with Gasteiger partial charge in [0.15, 0.2) is 11.4 Å². The normalized spacial score (nSPS) is 23.6. The topological polar surface area (TPSA) is 102 Å². The van der Waals surface area contributed by atoms with E-state index in [2.05, 4.69) is 29.1 Å². The molecule has 6 heteroatoms. The number of aromatic nitrogens is 2. The van der Waals surface area contributed by atoms with E-state index in [9.17, 15) is 15.3 Å². The maximum absolute atomic E-state index is 13.7. The largest absolute Gasteiger partial charge is 0.325 e. The van der Waals surface area contributed by atoms with Crippen molar-refractivity contribution in [3.05, 3.63) is 52.1 Å². The van der Waals surface area contributed by atoms with E-state index in [1.54, 1.807) is 0 Å². The minimum absolute atomic E-state index is 0.0106. The van der Waals surface area contributed by atoms with Crippen LogP contribution in [0.3, 0.4) is 0 Å². The van der Waals surface area contributed by atoms with Gasteiger partial charge < -0.3 is 5.32 Å². The number of hydrogen-bond acceptors (Lipinski definition) is 5. The van der Waals surface area contributed by atoms with E-state index in [1.807, 2.05) is 44.2 Å². The quantitative estimate of drug-likeness (QED) is 0.868. The molecule has 4 rings (SSSR count). The lowest BCUT2D eigenvalue weighted by atomic mass is 9.67. The van der Waals surface area contributed by atoms with Gasteiger partial charge in [-0.25, -0.2) is 9.97 Å². The van der Waals surface area contributed by atoms with Crippen LogP contribution in [0.1, 0.15) is 66.5 Å². The molecule has 1 N–H and O–H groups in total. The van der Waals surface area contributed by atoms with Gasteiger partial charge >= 0.3 is 0 Å². The summed E-state index contributed by atoms with van der Waals surface area (Å²) >= 11 is 0. The smallest absolute Gasteiger partial charge is 0.237 e. The standard InChI is InChI=1S/C22H21N5O/c1-12-5-6-13(2)15(9-12)27-20(28)22-8-7-14(21(22,3)4)18-19(22)26-17(11-24)16(10-23)25-18/h5-6,9,14H,7-8H2,1-4H3,(H,27,28). The Balaban J connectivity index is 1.87. The number of nitriles is 2. The fraction of sp³-hybridized carbons (Fsp3) is 0.409. The first-order valence-electron chi connectivity index (χ1n) is 9.37. The third-order valence-electron chi connectivity index (χ3n) is 6.68. The van der Waals surface area contributed by atoms with Crippen LogP contribution in [0.5, 0.6) is 0 Å². The number of nitrogens with zero attached hydrogens (tertiary/aromatic N) is 4. The van der Waals surface area contributed by atoms with Crippen molar-refractivity contribution in [2.75, 3.05) is 5.32 Å². The van der Waals surface area contributed by atoms with E-state index >= 15 is 0 Å². The van der Waals surface area contributed by atoms with Gasteiger partial charge in [-0.1, -0.05) is 26.0 Å². The molecule has 0 radical (unpaired) electrons. The summed E-state index contributed by atoms with van der Waals surface area (Å²) in [6, 6.07) is 9.88. The number of carbonyl (C=O) groups excluding carboxylic acids is 1. The minimum Gasteiger partial charge on any atom is -0.325 e. The monoisotopic (exact) mass is 371 g/mol. The second-order valence-corrected chi connectivity index (χ2v) is 8.37. The molecule has 2 unspecified atom stereocenters. The Labute approximate surface area is 164 Å². The summed E-state index contributed by atoms with van der Waals surface area (Å²) in [4.78, 5) is 22.6. The van der Waals surface area contributed by atoms with Gasteiger partial charge in [-0.2, -0.15) is 10.5 Å². The molecule has 1 heterocycles. The molecule has 6 nitrogen and oxygen atoms in total. The SMILES string of the molecule is Cc1ccc(C)c(NC(=O)C23CCC(c4nc(C#N)c(C#N)nc42)C3(C)C)c1. The summed E-state index contributed by atoms with van der Waals surface area (Å²) in [5, 5.41) is 21.8. The molecular formula is C22H21N5O. The fourth-order valence-electron chi connectivity index (χ4n) is 5.02. The molecule has 1 amide bonds. The molecule has 140 valence electrons. The maximum Gasteiger partial charge on any atom is 0.237 e. The molecule has 2 bridgehead atoms. The Bertz CT molecular complexity index is 1110. The molecular weight excluding hydrogens is 350 g/mol. The lowest BCUT2D eigenvalue weighted by Crippen LogP contribution is -2.47. The van der Waals surface area contributed by atoms with Crippen LogP contribution in [0, 0.1) is 41.9 Å². The summed E-state index contributed by atoms with van der Waals surface area (Å²) in [6.07, 6.45) is 1.46. The predicted octanol–water partition coefficient (Wildman–Crippen LogP) is 3.63. The average Bonchev–Trinajstić information content (AvgIpc) is 3.05. The van der Waals surface area contributed by atoms with Crippen LogP contribution in [0.15, 0.2) is 18.2 Å². The Hall–Kier alpha value is -3.25. The van der Waals surface area contributed by atoms with Crippen LogP contribution in [-0.4, -0.2) is 15.9 Å². The van der Waals surface area contributed by atoms with Gasteiger partial charge in [0.1, 0.15) is 12.1 Å². The van der Waals surface area contributed by atoms with Crippen LogP contribution in [0.25, 0.3) is 0 Å². The third-order valence-corrected chi connectivity index (χ3v) is 6.68. The second kappa shape index (κ2) is 5.87. The molecule has 0 saturated heterocycles. The highest BCUT2D eigenvalue weighted by Gasteiger charge is 2.68. The number of amides is 1. The summed E-state index contributed by atoms with van der Waals surface area (Å²) in [6.45, 7) is 8.08. The van der Waals surface area contributed by atoms with Gasteiger partial charge in [-0.3, -0.25) is 4.79 Å². The Morgan fingerprint density at radius 3 is 2.54 bits per heavy atom. The second-order valence-electron chi connectivity index (χ2n) is 8.37. The van der Waals surface area contributed by atoms with E-state index < -0.39 is 10.8 Å². The average molecular weight is 371 g/mol. The summed E-state index contributed by atoms with van der Waals surface area (Å²) < 4.78 is 0. The number of hydrogen-bond donors (Lipinski definition) is 1. The van der Waals surface area contributed by atoms with Crippen molar-refractivity contribution in [1.82, 2.24) is 9.97 Å². The molecule has 2 aromatic rings.